The number of hydrogen-bond donors (Lipinski definition) is 3. The third-order valence-electron chi connectivity index (χ3n) is 6.17. The number of amides is 2. The van der Waals surface area contributed by atoms with E-state index in [-0.39, 0.29) is 35.7 Å². The molecule has 1 unspecified atom stereocenters. The number of hydrogen-bond acceptors (Lipinski definition) is 7. The molecule has 0 radical (unpaired) electrons. The molecule has 2 aromatic carbocycles. The van der Waals surface area contributed by atoms with Gasteiger partial charge in [0.2, 0.25) is 5.82 Å². The molecule has 0 fully saturated rings. The first-order valence-corrected chi connectivity index (χ1v) is 11.5. The second kappa shape index (κ2) is 9.98. The van der Waals surface area contributed by atoms with Gasteiger partial charge in [-0.05, 0) is 65.8 Å². The Labute approximate surface area is 205 Å². The number of halogens is 1. The Morgan fingerprint density at radius 1 is 1.08 bits per heavy atom. The molecule has 1 aliphatic carbocycles. The number of fused-ring (bicyclic) bond motifs is 1. The van der Waals surface area contributed by atoms with Crippen LogP contribution in [0.25, 0.3) is 11.4 Å². The Morgan fingerprint density at radius 2 is 1.92 bits per heavy atom. The summed E-state index contributed by atoms with van der Waals surface area (Å²) in [5.41, 5.74) is 4.43. The molecular weight excluding hydrogens is 463 g/mol. The van der Waals surface area contributed by atoms with Crippen molar-refractivity contribution in [3.8, 4) is 11.4 Å². The number of benzene rings is 2. The van der Waals surface area contributed by atoms with E-state index in [2.05, 4.69) is 41.2 Å². The summed E-state index contributed by atoms with van der Waals surface area (Å²) < 4.78 is 13.5. The van der Waals surface area contributed by atoms with Crippen LogP contribution in [0, 0.1) is 12.7 Å². The molecule has 1 atom stereocenters. The van der Waals surface area contributed by atoms with Crippen molar-refractivity contribution in [2.75, 3.05) is 0 Å². The number of aromatic amines is 1. The van der Waals surface area contributed by atoms with Crippen LogP contribution in [-0.4, -0.2) is 42.4 Å². The van der Waals surface area contributed by atoms with Gasteiger partial charge in [-0.1, -0.05) is 24.3 Å². The van der Waals surface area contributed by atoms with Crippen LogP contribution >= 0.6 is 0 Å². The lowest BCUT2D eigenvalue weighted by Crippen LogP contribution is -2.32. The third kappa shape index (κ3) is 4.95. The average molecular weight is 487 g/mol. The van der Waals surface area contributed by atoms with Crippen LogP contribution < -0.4 is 10.6 Å². The van der Waals surface area contributed by atoms with Crippen LogP contribution in [0.4, 0.5) is 4.39 Å². The minimum atomic E-state index is -0.453. The molecule has 2 amide bonds. The quantitative estimate of drug-likeness (QED) is 0.381. The number of carbonyl (C=O) groups is 2. The molecule has 11 heteroatoms. The van der Waals surface area contributed by atoms with E-state index < -0.39 is 5.91 Å². The maximum Gasteiger partial charge on any atom is 0.270 e. The zero-order chi connectivity index (χ0) is 25.1. The summed E-state index contributed by atoms with van der Waals surface area (Å²) >= 11 is 0. The van der Waals surface area contributed by atoms with Gasteiger partial charge in [-0.3, -0.25) is 9.59 Å². The lowest BCUT2D eigenvalue weighted by atomic mass is 9.86. The summed E-state index contributed by atoms with van der Waals surface area (Å²) in [6.45, 7) is 1.86. The molecule has 36 heavy (non-hydrogen) atoms. The van der Waals surface area contributed by atoms with Gasteiger partial charge in [-0.2, -0.15) is 5.21 Å². The van der Waals surface area contributed by atoms with E-state index in [4.69, 9.17) is 0 Å². The van der Waals surface area contributed by atoms with Gasteiger partial charge in [-0.15, -0.1) is 10.2 Å². The number of rotatable bonds is 6. The predicted octanol–water partition coefficient (Wildman–Crippen LogP) is 2.84. The van der Waals surface area contributed by atoms with Gasteiger partial charge in [0.25, 0.3) is 11.8 Å². The first kappa shape index (κ1) is 23.2. The Bertz CT molecular complexity index is 1420. The number of aryl methyl sites for hydroxylation is 2. The molecule has 5 rings (SSSR count). The van der Waals surface area contributed by atoms with Crippen molar-refractivity contribution in [2.24, 2.45) is 0 Å². The topological polar surface area (TPSA) is 138 Å². The van der Waals surface area contributed by atoms with E-state index in [1.54, 1.807) is 19.1 Å². The van der Waals surface area contributed by atoms with E-state index >= 15 is 0 Å². The SMILES string of the molecule is Cc1cc(CNC(=O)c2cc(C(=O)NC3CCCc4cc(-c5nn[nH]n5)ccc43)ncn2)ccc1F. The Kier molecular flexibility index (Phi) is 6.44. The average Bonchev–Trinajstić information content (AvgIpc) is 3.44. The van der Waals surface area contributed by atoms with Gasteiger partial charge in [-0.25, -0.2) is 14.4 Å². The first-order chi connectivity index (χ1) is 17.5. The monoisotopic (exact) mass is 486 g/mol. The third-order valence-corrected chi connectivity index (χ3v) is 6.17. The van der Waals surface area contributed by atoms with Gasteiger partial charge >= 0.3 is 0 Å². The Balaban J connectivity index is 1.26. The molecular formula is C25H23FN8O2. The highest BCUT2D eigenvalue weighted by Gasteiger charge is 2.24. The van der Waals surface area contributed by atoms with Crippen LogP contribution in [0.15, 0.2) is 48.8 Å². The van der Waals surface area contributed by atoms with Crippen molar-refractivity contribution in [1.29, 1.82) is 0 Å². The highest BCUT2D eigenvalue weighted by atomic mass is 19.1. The molecule has 4 aromatic rings. The molecule has 10 nitrogen and oxygen atoms in total. The number of nitrogens with zero attached hydrogens (tertiary/aromatic N) is 5. The van der Waals surface area contributed by atoms with Crippen molar-refractivity contribution < 1.29 is 14.0 Å². The van der Waals surface area contributed by atoms with Gasteiger partial charge < -0.3 is 10.6 Å². The molecule has 0 bridgehead atoms. The highest BCUT2D eigenvalue weighted by Crippen LogP contribution is 2.32. The molecule has 0 aliphatic heterocycles. The van der Waals surface area contributed by atoms with E-state index in [0.29, 0.717) is 11.4 Å². The van der Waals surface area contributed by atoms with Gasteiger partial charge in [0.1, 0.15) is 23.5 Å². The van der Waals surface area contributed by atoms with Crippen LogP contribution in [-0.2, 0) is 13.0 Å². The lowest BCUT2D eigenvalue weighted by Gasteiger charge is -2.26. The van der Waals surface area contributed by atoms with Crippen LogP contribution in [0.1, 0.15) is 62.1 Å². The zero-order valence-electron chi connectivity index (χ0n) is 19.5. The summed E-state index contributed by atoms with van der Waals surface area (Å²) in [7, 11) is 0. The Morgan fingerprint density at radius 3 is 2.69 bits per heavy atom. The second-order valence-corrected chi connectivity index (χ2v) is 8.62. The van der Waals surface area contributed by atoms with E-state index in [1.165, 1.54) is 18.5 Å². The minimum Gasteiger partial charge on any atom is -0.347 e. The van der Waals surface area contributed by atoms with Gasteiger partial charge in [0.15, 0.2) is 0 Å². The van der Waals surface area contributed by atoms with Crippen LogP contribution in [0.2, 0.25) is 0 Å². The molecule has 0 spiro atoms. The number of aromatic nitrogens is 6. The Hall–Kier alpha value is -4.54. The fourth-order valence-electron chi connectivity index (χ4n) is 4.31. The standard InChI is InChI=1S/C25H23FN8O2/c1-14-9-15(5-8-19(14)26)12-27-24(35)21-11-22(29-13-28-21)25(36)30-20-4-2-3-16-10-17(6-7-18(16)20)23-31-33-34-32-23/h5-11,13,20H,2-4,12H2,1H3,(H,27,35)(H,30,36)(H,31,32,33,34). The molecule has 3 N–H and O–H groups in total. The van der Waals surface area contributed by atoms with Crippen molar-refractivity contribution >= 4 is 11.8 Å². The lowest BCUT2D eigenvalue weighted by molar-refractivity contribution is 0.0927. The fraction of sp³-hybridized carbons (Fsp3) is 0.240. The number of carbonyl (C=O) groups excluding carboxylic acids is 2. The van der Waals surface area contributed by atoms with E-state index in [0.717, 1.165) is 41.5 Å². The molecule has 0 saturated heterocycles. The normalized spacial score (nSPS) is 14.7. The molecule has 2 heterocycles. The summed E-state index contributed by atoms with van der Waals surface area (Å²) in [4.78, 5) is 33.7. The summed E-state index contributed by atoms with van der Waals surface area (Å²) in [6, 6.07) is 11.7. The van der Waals surface area contributed by atoms with Crippen molar-refractivity contribution in [3.63, 3.8) is 0 Å². The zero-order valence-corrected chi connectivity index (χ0v) is 19.5. The number of tetrazole rings is 1. The van der Waals surface area contributed by atoms with E-state index in [1.807, 2.05) is 18.2 Å². The summed E-state index contributed by atoms with van der Waals surface area (Å²) in [6.07, 6.45) is 3.78. The minimum absolute atomic E-state index is 0.0720. The summed E-state index contributed by atoms with van der Waals surface area (Å²) in [5, 5.41) is 19.9. The predicted molar refractivity (Wildman–Crippen MR) is 127 cm³/mol. The van der Waals surface area contributed by atoms with Crippen LogP contribution in [0.3, 0.4) is 0 Å². The van der Waals surface area contributed by atoms with Gasteiger partial charge in [0, 0.05) is 18.2 Å². The van der Waals surface area contributed by atoms with Crippen LogP contribution in [0.5, 0.6) is 0 Å². The molecule has 0 saturated carbocycles. The maximum absolute atomic E-state index is 13.5. The van der Waals surface area contributed by atoms with E-state index in [9.17, 15) is 14.0 Å². The maximum atomic E-state index is 13.5. The summed E-state index contributed by atoms with van der Waals surface area (Å²) in [5.74, 6) is -0.624. The number of nitrogens with one attached hydrogen (secondary N) is 3. The van der Waals surface area contributed by atoms with Crippen molar-refractivity contribution in [2.45, 2.75) is 38.8 Å². The van der Waals surface area contributed by atoms with Crippen molar-refractivity contribution in [1.82, 2.24) is 41.2 Å². The smallest absolute Gasteiger partial charge is 0.270 e. The fourth-order valence-corrected chi connectivity index (χ4v) is 4.31. The molecule has 182 valence electrons. The number of H-pyrrole nitrogens is 1. The van der Waals surface area contributed by atoms with Gasteiger partial charge in [0.05, 0.1) is 6.04 Å². The highest BCUT2D eigenvalue weighted by molar-refractivity contribution is 5.97. The molecule has 1 aliphatic rings. The van der Waals surface area contributed by atoms with Crippen molar-refractivity contribution in [3.05, 3.63) is 88.3 Å². The largest absolute Gasteiger partial charge is 0.347 e. The first-order valence-electron chi connectivity index (χ1n) is 11.5. The molecule has 2 aromatic heterocycles. The second-order valence-electron chi connectivity index (χ2n) is 8.62.